The van der Waals surface area contributed by atoms with Crippen LogP contribution in [0.2, 0.25) is 0 Å². The van der Waals surface area contributed by atoms with Gasteiger partial charge in [-0.05, 0) is 57.1 Å². The van der Waals surface area contributed by atoms with Gasteiger partial charge in [0.1, 0.15) is 11.5 Å². The molecule has 29 heavy (non-hydrogen) atoms. The van der Waals surface area contributed by atoms with E-state index < -0.39 is 0 Å². The Labute approximate surface area is 174 Å². The minimum Gasteiger partial charge on any atom is -0.507 e. The quantitative estimate of drug-likeness (QED) is 0.581. The highest BCUT2D eigenvalue weighted by Gasteiger charge is 2.24. The van der Waals surface area contributed by atoms with Crippen molar-refractivity contribution in [2.75, 3.05) is 13.2 Å². The van der Waals surface area contributed by atoms with Crippen LogP contribution in [0.1, 0.15) is 74.9 Å². The van der Waals surface area contributed by atoms with E-state index in [0.717, 1.165) is 33.4 Å². The van der Waals surface area contributed by atoms with Crippen LogP contribution in [-0.2, 0) is 30.1 Å². The molecule has 0 saturated heterocycles. The number of phenolic OH excluding ortho intramolecular Hbond substituents is 2. The predicted octanol–water partition coefficient (Wildman–Crippen LogP) is 4.35. The summed E-state index contributed by atoms with van der Waals surface area (Å²) < 4.78 is 0. The molecule has 4 heteroatoms. The summed E-state index contributed by atoms with van der Waals surface area (Å²) in [6, 6.07) is 7.74. The molecule has 0 atom stereocenters. The zero-order valence-corrected chi connectivity index (χ0v) is 18.6. The van der Waals surface area contributed by atoms with Crippen LogP contribution in [0.25, 0.3) is 0 Å². The first-order chi connectivity index (χ1) is 13.4. The molecule has 0 aliphatic rings. The summed E-state index contributed by atoms with van der Waals surface area (Å²) in [7, 11) is 0. The molecule has 0 spiro atoms. The maximum atomic E-state index is 11.0. The highest BCUT2D eigenvalue weighted by atomic mass is 16.3. The van der Waals surface area contributed by atoms with E-state index in [1.54, 1.807) is 0 Å². The molecule has 0 bridgehead atoms. The van der Waals surface area contributed by atoms with E-state index >= 15 is 0 Å². The molecule has 0 radical (unpaired) electrons. The van der Waals surface area contributed by atoms with Crippen LogP contribution in [-0.4, -0.2) is 33.6 Å². The molecular formula is C25H36O4. The molecule has 4 nitrogen and oxygen atoms in total. The first-order valence-corrected chi connectivity index (χ1v) is 10.3. The molecular weight excluding hydrogens is 364 g/mol. The van der Waals surface area contributed by atoms with E-state index in [-0.39, 0.29) is 35.5 Å². The van der Waals surface area contributed by atoms with Gasteiger partial charge in [-0.25, -0.2) is 0 Å². The largest absolute Gasteiger partial charge is 0.507 e. The Morgan fingerprint density at radius 2 is 0.966 bits per heavy atom. The van der Waals surface area contributed by atoms with E-state index in [9.17, 15) is 20.4 Å². The Morgan fingerprint density at radius 3 is 1.24 bits per heavy atom. The molecule has 0 aliphatic carbocycles. The number of hydrogen-bond donors (Lipinski definition) is 4. The minimum atomic E-state index is -0.248. The van der Waals surface area contributed by atoms with Crippen LogP contribution in [0.5, 0.6) is 11.5 Å². The lowest BCUT2D eigenvalue weighted by Gasteiger charge is -2.25. The average Bonchev–Trinajstić information content (AvgIpc) is 2.58. The second-order valence-corrected chi connectivity index (χ2v) is 9.93. The van der Waals surface area contributed by atoms with Crippen molar-refractivity contribution in [3.8, 4) is 11.5 Å². The minimum absolute atomic E-state index is 0.0409. The Balaban J connectivity index is 2.63. The Morgan fingerprint density at radius 1 is 0.621 bits per heavy atom. The van der Waals surface area contributed by atoms with Gasteiger partial charge in [-0.3, -0.25) is 0 Å². The highest BCUT2D eigenvalue weighted by Crippen LogP contribution is 2.39. The van der Waals surface area contributed by atoms with Gasteiger partial charge in [0.15, 0.2) is 0 Å². The zero-order chi connectivity index (χ0) is 22.0. The number of aliphatic hydroxyl groups excluding tert-OH is 2. The van der Waals surface area contributed by atoms with Crippen molar-refractivity contribution < 1.29 is 20.4 Å². The molecule has 0 aliphatic heterocycles. The second-order valence-electron chi connectivity index (χ2n) is 9.93. The SMILES string of the molecule is CC(C)(C)c1cc(CCO)cc(Cc2cc(CCO)cc(C(C)(C)C)c2O)c1O. The molecule has 0 unspecified atom stereocenters. The van der Waals surface area contributed by atoms with Crippen molar-refractivity contribution in [3.63, 3.8) is 0 Å². The van der Waals surface area contributed by atoms with Gasteiger partial charge in [-0.2, -0.15) is 0 Å². The lowest BCUT2D eigenvalue weighted by Crippen LogP contribution is -2.14. The Hall–Kier alpha value is -2.04. The summed E-state index contributed by atoms with van der Waals surface area (Å²) in [6.45, 7) is 12.4. The number of hydrogen-bond acceptors (Lipinski definition) is 4. The first-order valence-electron chi connectivity index (χ1n) is 10.3. The fourth-order valence-electron chi connectivity index (χ4n) is 3.69. The zero-order valence-electron chi connectivity index (χ0n) is 18.6. The summed E-state index contributed by atoms with van der Waals surface area (Å²) in [5.74, 6) is 0.479. The Kier molecular flexibility index (Phi) is 7.02. The lowest BCUT2D eigenvalue weighted by molar-refractivity contribution is 0.299. The third kappa shape index (κ3) is 5.52. The van der Waals surface area contributed by atoms with Crippen LogP contribution in [0.3, 0.4) is 0 Å². The molecule has 2 aromatic carbocycles. The summed E-state index contributed by atoms with van der Waals surface area (Å²) in [6.07, 6.45) is 1.41. The fraction of sp³-hybridized carbons (Fsp3) is 0.520. The normalized spacial score (nSPS) is 12.4. The number of phenols is 2. The maximum absolute atomic E-state index is 11.0. The predicted molar refractivity (Wildman–Crippen MR) is 118 cm³/mol. The molecule has 0 amide bonds. The maximum Gasteiger partial charge on any atom is 0.122 e. The van der Waals surface area contributed by atoms with Crippen molar-refractivity contribution in [2.24, 2.45) is 0 Å². The van der Waals surface area contributed by atoms with Crippen molar-refractivity contribution in [1.82, 2.24) is 0 Å². The first kappa shape index (κ1) is 23.2. The topological polar surface area (TPSA) is 80.9 Å². The van der Waals surface area contributed by atoms with Gasteiger partial charge in [0.2, 0.25) is 0 Å². The number of aromatic hydroxyl groups is 2. The third-order valence-corrected chi connectivity index (χ3v) is 5.30. The summed E-state index contributed by atoms with van der Waals surface area (Å²) in [5, 5.41) is 40.8. The second kappa shape index (κ2) is 8.76. The van der Waals surface area contributed by atoms with Gasteiger partial charge >= 0.3 is 0 Å². The van der Waals surface area contributed by atoms with Crippen molar-refractivity contribution in [3.05, 3.63) is 57.6 Å². The highest BCUT2D eigenvalue weighted by molar-refractivity contribution is 5.53. The molecule has 2 rings (SSSR count). The van der Waals surface area contributed by atoms with Gasteiger partial charge < -0.3 is 20.4 Å². The fourth-order valence-corrected chi connectivity index (χ4v) is 3.69. The van der Waals surface area contributed by atoms with Crippen molar-refractivity contribution in [1.29, 1.82) is 0 Å². The van der Waals surface area contributed by atoms with Gasteiger partial charge in [0.25, 0.3) is 0 Å². The van der Waals surface area contributed by atoms with E-state index in [1.165, 1.54) is 0 Å². The summed E-state index contributed by atoms with van der Waals surface area (Å²) in [4.78, 5) is 0. The van der Waals surface area contributed by atoms with E-state index in [0.29, 0.717) is 19.3 Å². The Bertz CT molecular complexity index is 783. The van der Waals surface area contributed by atoms with Gasteiger partial charge in [0.05, 0.1) is 0 Å². The summed E-state index contributed by atoms with van der Waals surface area (Å²) in [5.41, 5.74) is 4.57. The van der Waals surface area contributed by atoms with Crippen LogP contribution >= 0.6 is 0 Å². The summed E-state index contributed by atoms with van der Waals surface area (Å²) >= 11 is 0. The molecule has 0 fully saturated rings. The third-order valence-electron chi connectivity index (χ3n) is 5.30. The van der Waals surface area contributed by atoms with Gasteiger partial charge in [0, 0.05) is 19.6 Å². The van der Waals surface area contributed by atoms with Gasteiger partial charge in [-0.15, -0.1) is 0 Å². The van der Waals surface area contributed by atoms with Crippen LogP contribution in [0, 0.1) is 0 Å². The average molecular weight is 401 g/mol. The molecule has 0 aromatic heterocycles. The van der Waals surface area contributed by atoms with Crippen LogP contribution < -0.4 is 0 Å². The standard InChI is InChI=1S/C25H36O4/c1-24(2,3)20-13-16(7-9-26)11-18(22(20)28)15-19-12-17(8-10-27)14-21(23(19)29)25(4,5)6/h11-14,26-29H,7-10,15H2,1-6H3. The number of aliphatic hydroxyl groups is 2. The lowest BCUT2D eigenvalue weighted by atomic mass is 9.81. The van der Waals surface area contributed by atoms with Crippen molar-refractivity contribution in [2.45, 2.75) is 71.6 Å². The molecule has 0 heterocycles. The molecule has 160 valence electrons. The van der Waals surface area contributed by atoms with E-state index in [1.807, 2.05) is 65.8 Å². The van der Waals surface area contributed by atoms with Gasteiger partial charge in [-0.1, -0.05) is 65.8 Å². The number of benzene rings is 2. The number of rotatable bonds is 6. The van der Waals surface area contributed by atoms with Crippen LogP contribution in [0.15, 0.2) is 24.3 Å². The van der Waals surface area contributed by atoms with Crippen LogP contribution in [0.4, 0.5) is 0 Å². The molecule has 2 aromatic rings. The smallest absolute Gasteiger partial charge is 0.122 e. The van der Waals surface area contributed by atoms with Crippen molar-refractivity contribution >= 4 is 0 Å². The monoisotopic (exact) mass is 400 g/mol. The molecule has 0 saturated carbocycles. The molecule has 4 N–H and O–H groups in total. The van der Waals surface area contributed by atoms with E-state index in [4.69, 9.17) is 0 Å². The van der Waals surface area contributed by atoms with E-state index in [2.05, 4.69) is 0 Å².